The number of para-hydroxylation sites is 1. The average molecular weight is 854 g/mol. The zero-order valence-corrected chi connectivity index (χ0v) is 36.6. The van der Waals surface area contributed by atoms with E-state index in [1.165, 1.54) is 0 Å². The number of aromatic amines is 1. The van der Waals surface area contributed by atoms with Gasteiger partial charge in [0, 0.05) is 41.6 Å². The summed E-state index contributed by atoms with van der Waals surface area (Å²) in [4.78, 5) is 83.9. The molecule has 0 fully saturated rings. The fraction of sp³-hybridized carbons (Fsp3) is 0.488. The zero-order valence-electron chi connectivity index (χ0n) is 35.7. The molecule has 0 aliphatic rings. The summed E-state index contributed by atoms with van der Waals surface area (Å²) < 4.78 is 40.1. The van der Waals surface area contributed by atoms with Gasteiger partial charge >= 0.3 is 18.0 Å². The quantitative estimate of drug-likeness (QED) is 0.0832. The Balaban J connectivity index is 1.91. The van der Waals surface area contributed by atoms with Gasteiger partial charge < -0.3 is 40.5 Å². The molecule has 4 amide bonds. The molecule has 5 N–H and O–H groups in total. The lowest BCUT2D eigenvalue weighted by Crippen LogP contribution is -2.58. The van der Waals surface area contributed by atoms with Crippen molar-refractivity contribution < 1.29 is 51.4 Å². The van der Waals surface area contributed by atoms with Crippen molar-refractivity contribution in [2.24, 2.45) is 5.92 Å². The lowest BCUT2D eigenvalue weighted by molar-refractivity contribution is -0.156. The largest absolute Gasteiger partial charge is 0.460 e. The normalized spacial score (nSPS) is 14.1. The number of H-pyrrole nitrogens is 1. The summed E-state index contributed by atoms with van der Waals surface area (Å²) in [7, 11) is -3.66. The van der Waals surface area contributed by atoms with Crippen molar-refractivity contribution in [1.82, 2.24) is 26.3 Å². The molecule has 0 saturated carbocycles. The number of carbonyl (C=O) groups excluding carboxylic acids is 6. The van der Waals surface area contributed by atoms with E-state index < -0.39 is 93.3 Å². The number of hydrogen-bond acceptors (Lipinski definition) is 11. The highest BCUT2D eigenvalue weighted by Gasteiger charge is 2.33. The van der Waals surface area contributed by atoms with Gasteiger partial charge in [0.1, 0.15) is 35.9 Å². The first kappa shape index (κ1) is 48.7. The number of nitrogens with one attached hydrogen (secondary N) is 5. The number of alkyl carbamates (subject to hydrolysis) is 1. The van der Waals surface area contributed by atoms with Gasteiger partial charge in [-0.3, -0.25) is 24.0 Å². The lowest BCUT2D eigenvalue weighted by Gasteiger charge is -2.28. The highest BCUT2D eigenvalue weighted by molar-refractivity contribution is 7.93. The maximum absolute atomic E-state index is 14.2. The van der Waals surface area contributed by atoms with Gasteiger partial charge in [0.15, 0.2) is 9.84 Å². The molecule has 0 bridgehead atoms. The third-order valence-electron chi connectivity index (χ3n) is 8.55. The van der Waals surface area contributed by atoms with Crippen molar-refractivity contribution in [3.63, 3.8) is 0 Å². The van der Waals surface area contributed by atoms with E-state index >= 15 is 0 Å². The number of sulfone groups is 1. The second-order valence-electron chi connectivity index (χ2n) is 16.8. The van der Waals surface area contributed by atoms with Crippen LogP contribution in [0.5, 0.6) is 0 Å². The Kier molecular flexibility index (Phi) is 17.4. The number of amides is 4. The van der Waals surface area contributed by atoms with Crippen molar-refractivity contribution in [3.8, 4) is 0 Å². The molecule has 0 spiro atoms. The third kappa shape index (κ3) is 17.6. The van der Waals surface area contributed by atoms with Gasteiger partial charge in [0.25, 0.3) is 0 Å². The molecule has 1 heterocycles. The molecule has 0 aliphatic carbocycles. The van der Waals surface area contributed by atoms with Crippen LogP contribution in [-0.4, -0.2) is 90.8 Å². The Morgan fingerprint density at radius 1 is 0.750 bits per heavy atom. The number of benzene rings is 2. The van der Waals surface area contributed by atoms with Gasteiger partial charge in [-0.05, 0) is 71.1 Å². The van der Waals surface area contributed by atoms with Gasteiger partial charge in [-0.1, -0.05) is 68.5 Å². The van der Waals surface area contributed by atoms with E-state index in [1.54, 1.807) is 85.9 Å². The number of fused-ring (bicyclic) bond motifs is 1. The van der Waals surface area contributed by atoms with E-state index in [-0.39, 0.29) is 25.9 Å². The summed E-state index contributed by atoms with van der Waals surface area (Å²) in [6.07, 6.45) is 1.92. The van der Waals surface area contributed by atoms with E-state index in [1.807, 2.05) is 30.3 Å². The van der Waals surface area contributed by atoms with Gasteiger partial charge in [0.05, 0.1) is 12.5 Å². The first-order valence-electron chi connectivity index (χ1n) is 19.6. The molecule has 17 heteroatoms. The molecule has 0 radical (unpaired) electrons. The molecule has 60 heavy (non-hydrogen) atoms. The molecule has 4 atom stereocenters. The summed E-state index contributed by atoms with van der Waals surface area (Å²) in [5.41, 5.74) is 0.508. The molecule has 16 nitrogen and oxygen atoms in total. The Morgan fingerprint density at radius 3 is 1.97 bits per heavy atom. The van der Waals surface area contributed by atoms with E-state index in [4.69, 9.17) is 14.2 Å². The van der Waals surface area contributed by atoms with Gasteiger partial charge in [0.2, 0.25) is 17.7 Å². The molecular weight excluding hydrogens is 795 g/mol. The minimum absolute atomic E-state index is 0.0201. The monoisotopic (exact) mass is 853 g/mol. The van der Waals surface area contributed by atoms with E-state index in [0.29, 0.717) is 5.56 Å². The van der Waals surface area contributed by atoms with Gasteiger partial charge in [-0.2, -0.15) is 0 Å². The Morgan fingerprint density at radius 2 is 1.35 bits per heavy atom. The van der Waals surface area contributed by atoms with E-state index in [9.17, 15) is 37.2 Å². The van der Waals surface area contributed by atoms with Crippen LogP contribution >= 0.6 is 0 Å². The number of esters is 2. The molecule has 0 unspecified atom stereocenters. The van der Waals surface area contributed by atoms with Crippen molar-refractivity contribution in [2.75, 3.05) is 6.26 Å². The second-order valence-corrected chi connectivity index (χ2v) is 18.7. The molecule has 0 saturated heterocycles. The van der Waals surface area contributed by atoms with E-state index in [2.05, 4.69) is 26.3 Å². The number of hydrogen-bond donors (Lipinski definition) is 5. The summed E-state index contributed by atoms with van der Waals surface area (Å²) in [6, 6.07) is 11.2. The summed E-state index contributed by atoms with van der Waals surface area (Å²) >= 11 is 0. The summed E-state index contributed by atoms with van der Waals surface area (Å²) in [5.74, 6) is -4.30. The number of carbonyl (C=O) groups is 6. The number of aromatic nitrogens is 1. The highest BCUT2D eigenvalue weighted by Crippen LogP contribution is 2.20. The maximum atomic E-state index is 14.2. The van der Waals surface area contributed by atoms with Crippen LogP contribution in [0.15, 0.2) is 72.3 Å². The lowest BCUT2D eigenvalue weighted by atomic mass is 10.0. The first-order valence-corrected chi connectivity index (χ1v) is 21.6. The molecule has 328 valence electrons. The van der Waals surface area contributed by atoms with Crippen molar-refractivity contribution in [1.29, 1.82) is 0 Å². The predicted octanol–water partition coefficient (Wildman–Crippen LogP) is 4.53. The average Bonchev–Trinajstić information content (AvgIpc) is 3.54. The topological polar surface area (TPSA) is 228 Å². The summed E-state index contributed by atoms with van der Waals surface area (Å²) in [5, 5.41) is 12.2. The zero-order chi connectivity index (χ0) is 44.8. The molecule has 3 aromatic rings. The SMILES string of the molecule is CC(C)[C@@H](NC(=O)[C@H](CCC(=O)OC(C)(C)C)NC(=O)[C@H](Cc1c[nH]c2ccccc12)NC(=O)OCc1ccccc1)C(=O)N[C@H](/C=C/S(C)(=O)=O)CC(=O)OC(C)(C)C. The maximum Gasteiger partial charge on any atom is 0.408 e. The standard InChI is InChI=1S/C43H59N5O11S/c1-27(2)37(40(53)45-30(21-22-60(9,55)56)24-36(50)59-43(6,7)8)48-38(51)33(19-20-35(49)58-42(3,4)5)46-39(52)34(23-29-25-44-32-18-14-13-17-31(29)32)47-41(54)57-26-28-15-11-10-12-16-28/h10-18,21-22,25,27,30,33-34,37,44H,19-20,23-24,26H2,1-9H3,(H,45,53)(H,46,52)(H,47,54)(H,48,51)/b22-21+/t30-,33+,34+,37-/m1/s1. The van der Waals surface area contributed by atoms with Crippen LogP contribution in [0, 0.1) is 5.92 Å². The molecule has 1 aromatic heterocycles. The molecule has 3 rings (SSSR count). The highest BCUT2D eigenvalue weighted by atomic mass is 32.2. The fourth-order valence-corrected chi connectivity index (χ4v) is 6.34. The number of ether oxygens (including phenoxy) is 3. The van der Waals surface area contributed by atoms with Crippen LogP contribution in [-0.2, 0) is 61.0 Å². The fourth-order valence-electron chi connectivity index (χ4n) is 5.86. The van der Waals surface area contributed by atoms with Crippen LogP contribution in [0.2, 0.25) is 0 Å². The van der Waals surface area contributed by atoms with Crippen molar-refractivity contribution in [3.05, 3.63) is 83.4 Å². The third-order valence-corrected chi connectivity index (χ3v) is 9.20. The minimum Gasteiger partial charge on any atom is -0.460 e. The summed E-state index contributed by atoms with van der Waals surface area (Å²) in [6.45, 7) is 13.2. The molecular formula is C43H59N5O11S. The van der Waals surface area contributed by atoms with Crippen molar-refractivity contribution >= 4 is 56.5 Å². The number of rotatable bonds is 19. The van der Waals surface area contributed by atoms with Crippen LogP contribution < -0.4 is 21.3 Å². The molecule has 2 aromatic carbocycles. The smallest absolute Gasteiger partial charge is 0.408 e. The van der Waals surface area contributed by atoms with Crippen LogP contribution in [0.1, 0.15) is 85.8 Å². The molecule has 0 aliphatic heterocycles. The van der Waals surface area contributed by atoms with Gasteiger partial charge in [-0.25, -0.2) is 13.2 Å². The second kappa shape index (κ2) is 21.5. The predicted molar refractivity (Wildman–Crippen MR) is 226 cm³/mol. The Hall–Kier alpha value is -5.71. The van der Waals surface area contributed by atoms with Crippen LogP contribution in [0.3, 0.4) is 0 Å². The van der Waals surface area contributed by atoms with Crippen LogP contribution in [0.4, 0.5) is 4.79 Å². The van der Waals surface area contributed by atoms with Crippen LogP contribution in [0.25, 0.3) is 10.9 Å². The minimum atomic E-state index is -3.66. The van der Waals surface area contributed by atoms with E-state index in [0.717, 1.165) is 34.2 Å². The Bertz CT molecular complexity index is 2100. The van der Waals surface area contributed by atoms with Crippen molar-refractivity contribution in [2.45, 2.75) is 123 Å². The first-order chi connectivity index (χ1) is 27.9. The van der Waals surface area contributed by atoms with Gasteiger partial charge in [-0.15, -0.1) is 0 Å². The Labute approximate surface area is 351 Å².